The van der Waals surface area contributed by atoms with Gasteiger partial charge in [0.2, 0.25) is 0 Å². The maximum atomic E-state index is 12.6. The maximum absolute atomic E-state index is 12.6. The first-order chi connectivity index (χ1) is 8.83. The lowest BCUT2D eigenvalue weighted by molar-refractivity contribution is -0.439. The molecule has 0 radical (unpaired) electrons. The zero-order chi connectivity index (χ0) is 15.8. The minimum Gasteiger partial charge on any atom is -0.476 e. The highest BCUT2D eigenvalue weighted by molar-refractivity contribution is 6.52. The van der Waals surface area contributed by atoms with Gasteiger partial charge in [-0.1, -0.05) is 29.8 Å². The zero-order valence-electron chi connectivity index (χ0n) is 9.92. The van der Waals surface area contributed by atoms with Crippen molar-refractivity contribution < 1.29 is 43.3 Å². The third kappa shape index (κ3) is 3.20. The molecule has 0 N–H and O–H groups in total. The molecule has 1 saturated heterocycles. The summed E-state index contributed by atoms with van der Waals surface area (Å²) >= 11 is -3.21. The highest BCUT2D eigenvalue weighted by Crippen LogP contribution is 2.55. The van der Waals surface area contributed by atoms with E-state index in [1.807, 2.05) is 0 Å². The lowest BCUT2D eigenvalue weighted by Gasteiger charge is -2.41. The minimum atomic E-state index is -6.60. The van der Waals surface area contributed by atoms with Gasteiger partial charge in [-0.05, 0) is 0 Å². The van der Waals surface area contributed by atoms with Crippen LogP contribution in [-0.4, -0.2) is 38.6 Å². The molecule has 0 aromatic rings. The van der Waals surface area contributed by atoms with Crippen molar-refractivity contribution in [3.63, 3.8) is 0 Å². The summed E-state index contributed by atoms with van der Waals surface area (Å²) in [6.07, 6.45) is -18.7. The van der Waals surface area contributed by atoms with E-state index in [0.29, 0.717) is 19.3 Å². The van der Waals surface area contributed by atoms with Crippen molar-refractivity contribution >= 4 is 14.5 Å². The van der Waals surface area contributed by atoms with Crippen LogP contribution in [0.1, 0.15) is 19.3 Å². The number of alkyl halides is 9. The highest BCUT2D eigenvalue weighted by atomic mass is 27.2. The van der Waals surface area contributed by atoms with E-state index >= 15 is 0 Å². The van der Waals surface area contributed by atoms with Crippen LogP contribution >= 0.6 is 0 Å². The van der Waals surface area contributed by atoms with Crippen LogP contribution in [0.25, 0.3) is 0 Å². The molecule has 1 nitrogen and oxygen atoms in total. The van der Waals surface area contributed by atoms with Crippen LogP contribution in [0.3, 0.4) is 0 Å². The van der Waals surface area contributed by atoms with E-state index in [4.69, 9.17) is 0 Å². The van der Waals surface area contributed by atoms with Gasteiger partial charge in [-0.15, -0.1) is 0 Å². The molecule has 1 rings (SSSR count). The van der Waals surface area contributed by atoms with Crippen molar-refractivity contribution in [2.45, 2.75) is 54.0 Å². The Hall–Kier alpha value is -0.138. The van der Waals surface area contributed by atoms with Crippen molar-refractivity contribution in [3.05, 3.63) is 0 Å². The van der Waals surface area contributed by atoms with Gasteiger partial charge in [-0.25, -0.2) is 0 Å². The van der Waals surface area contributed by atoms with Gasteiger partial charge in [-0.3, -0.25) is 0 Å². The van der Waals surface area contributed by atoms with E-state index in [9.17, 15) is 39.5 Å². The molecule has 1 heterocycles. The van der Waals surface area contributed by atoms with Crippen LogP contribution in [0.5, 0.6) is 0 Å². The molecule has 1 aliphatic rings. The Morgan fingerprint density at radius 3 is 1.25 bits per heavy atom. The van der Waals surface area contributed by atoms with Gasteiger partial charge >= 0.3 is 38.6 Å². The van der Waals surface area contributed by atoms with Gasteiger partial charge in [-0.2, -0.15) is 39.5 Å². The average Bonchev–Trinajstić information content (AvgIpc) is 2.22. The summed E-state index contributed by atoms with van der Waals surface area (Å²) < 4.78 is 117. The van der Waals surface area contributed by atoms with E-state index < -0.39 is 38.6 Å². The fourth-order valence-corrected chi connectivity index (χ4v) is 5.03. The molecule has 0 bridgehead atoms. The number of hydrogen-bond acceptors (Lipinski definition) is 1. The van der Waals surface area contributed by atoms with E-state index in [0.717, 1.165) is 0 Å². The minimum absolute atomic E-state index is 0.121. The predicted octanol–water partition coefficient (Wildman–Crippen LogP) is 4.60. The van der Waals surface area contributed by atoms with Crippen LogP contribution in [0.15, 0.2) is 0 Å². The molecule has 1 aliphatic heterocycles. The van der Waals surface area contributed by atoms with E-state index in [2.05, 4.69) is 3.79 Å². The Labute approximate surface area is 112 Å². The molecule has 118 valence electrons. The summed E-state index contributed by atoms with van der Waals surface area (Å²) in [4.78, 5) is 0. The second-order valence-corrected chi connectivity index (χ2v) is 7.19. The standard InChI is InChI=1S/C5H10.C4F9O.Al/c1-3-5-4-2;5-2(6,7)1(14,3(8,9)10)4(11,12)13;/h1-5H2;;/q;-1;+1. The van der Waals surface area contributed by atoms with Crippen LogP contribution in [-0.2, 0) is 3.79 Å². The summed E-state index contributed by atoms with van der Waals surface area (Å²) in [6, 6.07) is 0. The molecule has 11 heteroatoms. The molecule has 0 aromatic carbocycles. The summed E-state index contributed by atoms with van der Waals surface area (Å²) in [5.74, 6) is 0. The second-order valence-electron chi connectivity index (χ2n) is 4.55. The van der Waals surface area contributed by atoms with Gasteiger partial charge in [0.15, 0.2) is 0 Å². The van der Waals surface area contributed by atoms with Crippen molar-refractivity contribution in [1.29, 1.82) is 0 Å². The fraction of sp³-hybridized carbons (Fsp3) is 1.00. The Morgan fingerprint density at radius 2 is 0.950 bits per heavy atom. The first-order valence-electron chi connectivity index (χ1n) is 5.71. The predicted molar refractivity (Wildman–Crippen MR) is 51.2 cm³/mol. The molecule has 0 aromatic heterocycles. The van der Waals surface area contributed by atoms with Crippen LogP contribution < -0.4 is 0 Å². The van der Waals surface area contributed by atoms with Crippen molar-refractivity contribution in [2.24, 2.45) is 0 Å². The molecule has 0 spiro atoms. The van der Waals surface area contributed by atoms with E-state index in [1.165, 1.54) is 0 Å². The highest BCUT2D eigenvalue weighted by Gasteiger charge is 2.85. The van der Waals surface area contributed by atoms with Gasteiger partial charge in [0.25, 0.3) is 0 Å². The number of hydrogen-bond donors (Lipinski definition) is 0. The monoisotopic (exact) mass is 332 g/mol. The van der Waals surface area contributed by atoms with Crippen molar-refractivity contribution in [3.8, 4) is 0 Å². The Balaban J connectivity index is 3.23. The SMILES string of the molecule is FC(F)(F)C([O][Al]1[CH2]CCC[CH2]1)(C(F)(F)F)C(F)(F)F. The fourth-order valence-electron chi connectivity index (χ4n) is 2.12. The Bertz CT molecular complexity index is 290. The number of rotatable bonds is 2. The summed E-state index contributed by atoms with van der Waals surface area (Å²) in [5.41, 5.74) is -6.07. The number of halogens is 9. The van der Waals surface area contributed by atoms with Crippen LogP contribution in [0.2, 0.25) is 10.6 Å². The molecule has 0 unspecified atom stereocenters. The first kappa shape index (κ1) is 17.9. The molecule has 20 heavy (non-hydrogen) atoms. The van der Waals surface area contributed by atoms with Gasteiger partial charge in [0.05, 0.1) is 0 Å². The molecular weight excluding hydrogens is 322 g/mol. The third-order valence-electron chi connectivity index (χ3n) is 3.09. The van der Waals surface area contributed by atoms with E-state index in [-0.39, 0.29) is 10.6 Å². The van der Waals surface area contributed by atoms with Crippen LogP contribution in [0.4, 0.5) is 39.5 Å². The average molecular weight is 332 g/mol. The normalized spacial score (nSPS) is 19.4. The van der Waals surface area contributed by atoms with Crippen molar-refractivity contribution in [2.75, 3.05) is 0 Å². The van der Waals surface area contributed by atoms with Gasteiger partial charge in [0.1, 0.15) is 0 Å². The molecule has 1 fully saturated rings. The molecule has 0 atom stereocenters. The summed E-state index contributed by atoms with van der Waals surface area (Å²) in [6.45, 7) is 0. The lowest BCUT2D eigenvalue weighted by atomic mass is 10.0. The summed E-state index contributed by atoms with van der Waals surface area (Å²) in [5, 5.41) is -0.242. The summed E-state index contributed by atoms with van der Waals surface area (Å²) in [7, 11) is 0. The van der Waals surface area contributed by atoms with E-state index in [1.54, 1.807) is 0 Å². The molecule has 0 saturated carbocycles. The second kappa shape index (κ2) is 5.57. The molecule has 0 aliphatic carbocycles. The zero-order valence-corrected chi connectivity index (χ0v) is 11.1. The smallest absolute Gasteiger partial charge is 0.461 e. The molecule has 0 amide bonds. The molecular formula is C9H10AlF9O. The first-order valence-corrected chi connectivity index (χ1v) is 7.81. The Kier molecular flexibility index (Phi) is 4.99. The van der Waals surface area contributed by atoms with Gasteiger partial charge < -0.3 is 3.79 Å². The Morgan fingerprint density at radius 1 is 0.600 bits per heavy atom. The third-order valence-corrected chi connectivity index (χ3v) is 5.88. The maximum Gasteiger partial charge on any atom is 0.461 e. The lowest BCUT2D eigenvalue weighted by Crippen LogP contribution is -2.69. The van der Waals surface area contributed by atoms with Crippen molar-refractivity contribution in [1.82, 2.24) is 0 Å². The van der Waals surface area contributed by atoms with Crippen LogP contribution in [0, 0.1) is 0 Å². The quantitative estimate of drug-likeness (QED) is 0.530. The van der Waals surface area contributed by atoms with Gasteiger partial charge in [0, 0.05) is 0 Å². The largest absolute Gasteiger partial charge is 0.476 e. The topological polar surface area (TPSA) is 9.23 Å².